The van der Waals surface area contributed by atoms with Crippen LogP contribution < -0.4 is 11.1 Å². The zero-order valence-corrected chi connectivity index (χ0v) is 10.2. The highest BCUT2D eigenvalue weighted by molar-refractivity contribution is 6.00. The molecule has 1 amide bonds. The molecular weight excluding hydrogens is 200 g/mol. The molecule has 0 aliphatic carbocycles. The molecule has 0 heterocycles. The fraction of sp³-hybridized carbons (Fsp3) is 0.462. The molecule has 88 valence electrons. The van der Waals surface area contributed by atoms with Crippen molar-refractivity contribution in [1.29, 1.82) is 0 Å². The summed E-state index contributed by atoms with van der Waals surface area (Å²) in [5.74, 6) is 0.421. The number of hydrogen-bond donors (Lipinski definition) is 2. The molecular formula is C13H20N2O. The first-order valence-corrected chi connectivity index (χ1v) is 5.69. The Morgan fingerprint density at radius 2 is 2.19 bits per heavy atom. The van der Waals surface area contributed by atoms with Crippen molar-refractivity contribution in [3.8, 4) is 0 Å². The van der Waals surface area contributed by atoms with Gasteiger partial charge in [0, 0.05) is 12.2 Å². The van der Waals surface area contributed by atoms with Gasteiger partial charge < -0.3 is 11.1 Å². The Balaban J connectivity index is 2.73. The Kier molecular flexibility index (Phi) is 4.35. The van der Waals surface area contributed by atoms with E-state index in [9.17, 15) is 4.79 Å². The molecule has 0 aliphatic heterocycles. The lowest BCUT2D eigenvalue weighted by Crippen LogP contribution is -2.29. The van der Waals surface area contributed by atoms with E-state index in [-0.39, 0.29) is 5.91 Å². The van der Waals surface area contributed by atoms with Crippen molar-refractivity contribution in [2.24, 2.45) is 5.92 Å². The largest absolute Gasteiger partial charge is 0.398 e. The number of anilines is 1. The van der Waals surface area contributed by atoms with E-state index in [1.165, 1.54) is 0 Å². The Labute approximate surface area is 97.0 Å². The Morgan fingerprint density at radius 3 is 2.75 bits per heavy atom. The van der Waals surface area contributed by atoms with E-state index in [0.717, 1.165) is 12.0 Å². The molecule has 1 unspecified atom stereocenters. The number of benzene rings is 1. The van der Waals surface area contributed by atoms with Gasteiger partial charge in [-0.3, -0.25) is 4.79 Å². The zero-order valence-electron chi connectivity index (χ0n) is 10.2. The summed E-state index contributed by atoms with van der Waals surface area (Å²) in [5.41, 5.74) is 7.86. The molecule has 0 aromatic heterocycles. The first-order chi connectivity index (χ1) is 7.56. The molecule has 3 N–H and O–H groups in total. The average Bonchev–Trinajstić information content (AvgIpc) is 2.25. The summed E-state index contributed by atoms with van der Waals surface area (Å²) >= 11 is 0. The van der Waals surface area contributed by atoms with Crippen LogP contribution in [0.5, 0.6) is 0 Å². The molecule has 0 spiro atoms. The van der Waals surface area contributed by atoms with Gasteiger partial charge >= 0.3 is 0 Å². The average molecular weight is 220 g/mol. The first-order valence-electron chi connectivity index (χ1n) is 5.69. The normalized spacial score (nSPS) is 12.2. The lowest BCUT2D eigenvalue weighted by Gasteiger charge is -2.12. The third-order valence-electron chi connectivity index (χ3n) is 2.84. The number of amides is 1. The Morgan fingerprint density at radius 1 is 1.50 bits per heavy atom. The van der Waals surface area contributed by atoms with E-state index in [0.29, 0.717) is 23.7 Å². The number of nitrogens with two attached hydrogens (primary N) is 1. The predicted molar refractivity (Wildman–Crippen MR) is 67.4 cm³/mol. The molecule has 0 bridgehead atoms. The van der Waals surface area contributed by atoms with Crippen molar-refractivity contribution in [2.75, 3.05) is 12.3 Å². The molecule has 16 heavy (non-hydrogen) atoms. The fourth-order valence-corrected chi connectivity index (χ4v) is 1.50. The molecule has 1 rings (SSSR count). The van der Waals surface area contributed by atoms with Crippen molar-refractivity contribution in [3.63, 3.8) is 0 Å². The molecule has 0 saturated carbocycles. The van der Waals surface area contributed by atoms with Gasteiger partial charge in [0.25, 0.3) is 5.91 Å². The number of nitrogens with one attached hydrogen (secondary N) is 1. The maximum Gasteiger partial charge on any atom is 0.253 e. The summed E-state index contributed by atoms with van der Waals surface area (Å²) < 4.78 is 0. The van der Waals surface area contributed by atoms with E-state index < -0.39 is 0 Å². The summed E-state index contributed by atoms with van der Waals surface area (Å²) in [6.45, 7) is 6.82. The smallest absolute Gasteiger partial charge is 0.253 e. The number of hydrogen-bond acceptors (Lipinski definition) is 2. The molecule has 0 aliphatic rings. The van der Waals surface area contributed by atoms with Crippen LogP contribution in [-0.4, -0.2) is 12.5 Å². The van der Waals surface area contributed by atoms with Crippen LogP contribution in [0.4, 0.5) is 5.69 Å². The van der Waals surface area contributed by atoms with Gasteiger partial charge in [0.15, 0.2) is 0 Å². The third-order valence-corrected chi connectivity index (χ3v) is 2.84. The third kappa shape index (κ3) is 2.99. The van der Waals surface area contributed by atoms with Crippen molar-refractivity contribution in [2.45, 2.75) is 27.2 Å². The number of carbonyl (C=O) groups excluding carboxylic acids is 1. The monoisotopic (exact) mass is 220 g/mol. The highest BCUT2D eigenvalue weighted by atomic mass is 16.1. The van der Waals surface area contributed by atoms with Crippen LogP contribution in [0.25, 0.3) is 0 Å². The number of rotatable bonds is 4. The standard InChI is InChI=1S/C13H20N2O/c1-4-9(2)8-15-13(16)12-10(3)6-5-7-11(12)14/h5-7,9H,4,8,14H2,1-3H3,(H,15,16). The lowest BCUT2D eigenvalue weighted by atomic mass is 10.1. The molecule has 1 aromatic carbocycles. The molecule has 0 radical (unpaired) electrons. The quantitative estimate of drug-likeness (QED) is 0.765. The second-order valence-electron chi connectivity index (χ2n) is 4.26. The summed E-state index contributed by atoms with van der Waals surface area (Å²) in [6.07, 6.45) is 1.06. The van der Waals surface area contributed by atoms with Crippen LogP contribution in [-0.2, 0) is 0 Å². The van der Waals surface area contributed by atoms with Crippen molar-refractivity contribution in [3.05, 3.63) is 29.3 Å². The summed E-state index contributed by atoms with van der Waals surface area (Å²) in [7, 11) is 0. The zero-order chi connectivity index (χ0) is 12.1. The Hall–Kier alpha value is -1.51. The molecule has 0 fully saturated rings. The SMILES string of the molecule is CCC(C)CNC(=O)c1c(C)cccc1N. The highest BCUT2D eigenvalue weighted by Crippen LogP contribution is 2.15. The van der Waals surface area contributed by atoms with Gasteiger partial charge in [-0.1, -0.05) is 32.4 Å². The lowest BCUT2D eigenvalue weighted by molar-refractivity contribution is 0.0948. The second kappa shape index (κ2) is 5.54. The van der Waals surface area contributed by atoms with Crippen LogP contribution >= 0.6 is 0 Å². The van der Waals surface area contributed by atoms with E-state index in [1.807, 2.05) is 19.1 Å². The van der Waals surface area contributed by atoms with Crippen molar-refractivity contribution in [1.82, 2.24) is 5.32 Å². The van der Waals surface area contributed by atoms with E-state index >= 15 is 0 Å². The van der Waals surface area contributed by atoms with Crippen molar-refractivity contribution < 1.29 is 4.79 Å². The predicted octanol–water partition coefficient (Wildman–Crippen LogP) is 2.35. The van der Waals surface area contributed by atoms with Gasteiger partial charge in [-0.05, 0) is 24.5 Å². The van der Waals surface area contributed by atoms with Crippen molar-refractivity contribution >= 4 is 11.6 Å². The van der Waals surface area contributed by atoms with Crippen LogP contribution in [0.15, 0.2) is 18.2 Å². The minimum atomic E-state index is -0.0732. The fourth-order valence-electron chi connectivity index (χ4n) is 1.50. The van der Waals surface area contributed by atoms with E-state index in [1.54, 1.807) is 6.07 Å². The molecule has 1 atom stereocenters. The minimum Gasteiger partial charge on any atom is -0.398 e. The maximum atomic E-state index is 11.9. The van der Waals surface area contributed by atoms with Crippen LogP contribution in [0.2, 0.25) is 0 Å². The van der Waals surface area contributed by atoms with Gasteiger partial charge in [-0.15, -0.1) is 0 Å². The van der Waals surface area contributed by atoms with Gasteiger partial charge in [0.1, 0.15) is 0 Å². The molecule has 3 heteroatoms. The summed E-state index contributed by atoms with van der Waals surface area (Å²) in [4.78, 5) is 11.9. The van der Waals surface area contributed by atoms with Crippen LogP contribution in [0.3, 0.4) is 0 Å². The second-order valence-corrected chi connectivity index (χ2v) is 4.26. The maximum absolute atomic E-state index is 11.9. The van der Waals surface area contributed by atoms with Gasteiger partial charge in [0.2, 0.25) is 0 Å². The number of aryl methyl sites for hydroxylation is 1. The van der Waals surface area contributed by atoms with E-state index in [4.69, 9.17) is 5.73 Å². The molecule has 3 nitrogen and oxygen atoms in total. The molecule has 1 aromatic rings. The number of carbonyl (C=O) groups is 1. The summed E-state index contributed by atoms with van der Waals surface area (Å²) in [5, 5.41) is 2.91. The molecule has 0 saturated heterocycles. The number of nitrogen functional groups attached to an aromatic ring is 1. The van der Waals surface area contributed by atoms with Gasteiger partial charge in [-0.25, -0.2) is 0 Å². The Bertz CT molecular complexity index is 354. The minimum absolute atomic E-state index is 0.0732. The topological polar surface area (TPSA) is 55.1 Å². The van der Waals surface area contributed by atoms with Crippen LogP contribution in [0.1, 0.15) is 36.2 Å². The first kappa shape index (κ1) is 12.6. The van der Waals surface area contributed by atoms with E-state index in [2.05, 4.69) is 19.2 Å². The highest BCUT2D eigenvalue weighted by Gasteiger charge is 2.12. The summed E-state index contributed by atoms with van der Waals surface area (Å²) in [6, 6.07) is 5.51. The van der Waals surface area contributed by atoms with Gasteiger partial charge in [-0.2, -0.15) is 0 Å². The van der Waals surface area contributed by atoms with Gasteiger partial charge in [0.05, 0.1) is 5.56 Å². The van der Waals surface area contributed by atoms with Crippen LogP contribution in [0, 0.1) is 12.8 Å².